The molecule has 2 aromatic heterocycles. The fraction of sp³-hybridized carbons (Fsp3) is 0.0625. The molecule has 10 heteroatoms. The number of aromatic hydroxyl groups is 1. The van der Waals surface area contributed by atoms with Crippen LogP contribution in [0.1, 0.15) is 0 Å². The van der Waals surface area contributed by atoms with Gasteiger partial charge in [0.1, 0.15) is 16.8 Å². The molecule has 2 N–H and O–H groups in total. The first-order valence-corrected chi connectivity index (χ1v) is 9.17. The molecule has 130 valence electrons. The first-order chi connectivity index (χ1) is 12.7. The Bertz CT molecular complexity index is 1060. The summed E-state index contributed by atoms with van der Waals surface area (Å²) >= 11 is 2.24. The van der Waals surface area contributed by atoms with Gasteiger partial charge in [-0.3, -0.25) is 4.79 Å². The van der Waals surface area contributed by atoms with Crippen molar-refractivity contribution in [1.29, 1.82) is 0 Å². The van der Waals surface area contributed by atoms with E-state index in [0.717, 1.165) is 29.0 Å². The maximum Gasteiger partial charge on any atom is 0.277 e. The SMILES string of the molecule is O=C(CSc1nnc(-c2ccc(O)cc2)o1)Nc1cccc2nsnc12. The molecule has 2 heterocycles. The van der Waals surface area contributed by atoms with Crippen LogP contribution in [0.2, 0.25) is 0 Å². The first-order valence-electron chi connectivity index (χ1n) is 7.46. The molecule has 0 saturated carbocycles. The number of rotatable bonds is 5. The normalized spacial score (nSPS) is 10.9. The number of benzene rings is 2. The molecule has 0 aliphatic rings. The Morgan fingerprint density at radius 3 is 2.85 bits per heavy atom. The molecular weight excluding hydrogens is 374 g/mol. The Balaban J connectivity index is 1.39. The number of anilines is 1. The quantitative estimate of drug-likeness (QED) is 0.504. The number of fused-ring (bicyclic) bond motifs is 1. The van der Waals surface area contributed by atoms with Gasteiger partial charge in [0, 0.05) is 5.56 Å². The van der Waals surface area contributed by atoms with Gasteiger partial charge in [-0.2, -0.15) is 8.75 Å². The number of nitrogens with zero attached hydrogens (tertiary/aromatic N) is 4. The molecule has 8 nitrogen and oxygen atoms in total. The van der Waals surface area contributed by atoms with E-state index in [1.165, 1.54) is 12.1 Å². The second-order valence-corrected chi connectivity index (χ2v) is 6.65. The summed E-state index contributed by atoms with van der Waals surface area (Å²) in [5, 5.41) is 20.3. The highest BCUT2D eigenvalue weighted by Crippen LogP contribution is 2.25. The molecule has 0 aliphatic heterocycles. The van der Waals surface area contributed by atoms with E-state index in [9.17, 15) is 9.90 Å². The molecule has 0 fully saturated rings. The van der Waals surface area contributed by atoms with Crippen molar-refractivity contribution in [2.45, 2.75) is 5.22 Å². The second-order valence-electron chi connectivity index (χ2n) is 5.19. The lowest BCUT2D eigenvalue weighted by molar-refractivity contribution is -0.113. The van der Waals surface area contributed by atoms with Crippen molar-refractivity contribution < 1.29 is 14.3 Å². The Labute approximate surface area is 155 Å². The van der Waals surface area contributed by atoms with Crippen LogP contribution in [0.5, 0.6) is 5.75 Å². The zero-order chi connectivity index (χ0) is 17.9. The van der Waals surface area contributed by atoms with Crippen LogP contribution in [0.3, 0.4) is 0 Å². The van der Waals surface area contributed by atoms with E-state index >= 15 is 0 Å². The van der Waals surface area contributed by atoms with Crippen molar-refractivity contribution in [1.82, 2.24) is 18.9 Å². The largest absolute Gasteiger partial charge is 0.508 e. The summed E-state index contributed by atoms with van der Waals surface area (Å²) in [7, 11) is 0. The molecule has 1 amide bonds. The maximum absolute atomic E-state index is 12.2. The Kier molecular flexibility index (Phi) is 4.50. The van der Waals surface area contributed by atoms with E-state index in [0.29, 0.717) is 22.7 Å². The number of hydrogen-bond acceptors (Lipinski definition) is 9. The third kappa shape index (κ3) is 3.51. The molecular formula is C16H11N5O3S2. The highest BCUT2D eigenvalue weighted by Gasteiger charge is 2.13. The van der Waals surface area contributed by atoms with E-state index in [1.54, 1.807) is 18.2 Å². The van der Waals surface area contributed by atoms with Crippen LogP contribution in [0.25, 0.3) is 22.5 Å². The van der Waals surface area contributed by atoms with Gasteiger partial charge >= 0.3 is 0 Å². The molecule has 0 saturated heterocycles. The first kappa shape index (κ1) is 16.5. The van der Waals surface area contributed by atoms with E-state index in [2.05, 4.69) is 24.3 Å². The van der Waals surface area contributed by atoms with Crippen molar-refractivity contribution in [2.24, 2.45) is 0 Å². The molecule has 0 aliphatic carbocycles. The topological polar surface area (TPSA) is 114 Å². The van der Waals surface area contributed by atoms with Gasteiger partial charge in [-0.1, -0.05) is 17.8 Å². The molecule has 0 bridgehead atoms. The number of thioether (sulfide) groups is 1. The average molecular weight is 385 g/mol. The van der Waals surface area contributed by atoms with Crippen LogP contribution >= 0.6 is 23.5 Å². The number of hydrogen-bond donors (Lipinski definition) is 2. The Morgan fingerprint density at radius 1 is 1.15 bits per heavy atom. The predicted molar refractivity (Wildman–Crippen MR) is 98.2 cm³/mol. The molecule has 0 atom stereocenters. The van der Waals surface area contributed by atoms with Crippen LogP contribution in [-0.4, -0.2) is 35.7 Å². The number of nitrogens with one attached hydrogen (secondary N) is 1. The summed E-state index contributed by atoms with van der Waals surface area (Å²) in [5.41, 5.74) is 2.73. The minimum Gasteiger partial charge on any atom is -0.508 e. The van der Waals surface area contributed by atoms with Crippen molar-refractivity contribution in [3.63, 3.8) is 0 Å². The minimum atomic E-state index is -0.208. The molecule has 4 rings (SSSR count). The monoisotopic (exact) mass is 385 g/mol. The number of carbonyl (C=O) groups is 1. The molecule has 2 aromatic carbocycles. The van der Waals surface area contributed by atoms with Crippen molar-refractivity contribution >= 4 is 46.1 Å². The maximum atomic E-state index is 12.2. The van der Waals surface area contributed by atoms with Gasteiger partial charge in [-0.25, -0.2) is 0 Å². The number of phenols is 1. The fourth-order valence-corrected chi connectivity index (χ4v) is 3.32. The van der Waals surface area contributed by atoms with E-state index in [-0.39, 0.29) is 22.6 Å². The summed E-state index contributed by atoms with van der Waals surface area (Å²) in [6, 6.07) is 11.9. The number of phenolic OH excluding ortho intramolecular Hbond substituents is 1. The molecule has 0 spiro atoms. The molecule has 0 unspecified atom stereocenters. The average Bonchev–Trinajstić information content (AvgIpc) is 3.30. The van der Waals surface area contributed by atoms with Gasteiger partial charge in [0.2, 0.25) is 11.8 Å². The van der Waals surface area contributed by atoms with Crippen molar-refractivity contribution in [3.05, 3.63) is 42.5 Å². The van der Waals surface area contributed by atoms with Crippen LogP contribution in [0.15, 0.2) is 52.1 Å². The van der Waals surface area contributed by atoms with E-state index < -0.39 is 0 Å². The summed E-state index contributed by atoms with van der Waals surface area (Å²) in [6.07, 6.45) is 0. The second kappa shape index (κ2) is 7.10. The lowest BCUT2D eigenvalue weighted by Gasteiger charge is -2.04. The van der Waals surface area contributed by atoms with Gasteiger partial charge in [0.15, 0.2) is 0 Å². The number of amides is 1. The standard InChI is InChI=1S/C16H11N5O3S2/c22-10-6-4-9(5-7-10)15-18-19-16(24-15)25-8-13(23)17-11-2-1-3-12-14(11)21-26-20-12/h1-7,22H,8H2,(H,17,23). The third-order valence-corrected chi connectivity index (χ3v) is 4.77. The van der Waals surface area contributed by atoms with Crippen LogP contribution in [-0.2, 0) is 4.79 Å². The molecule has 4 aromatic rings. The smallest absolute Gasteiger partial charge is 0.277 e. The van der Waals surface area contributed by atoms with Crippen LogP contribution < -0.4 is 5.32 Å². The van der Waals surface area contributed by atoms with Crippen molar-refractivity contribution in [2.75, 3.05) is 11.1 Å². The molecule has 26 heavy (non-hydrogen) atoms. The third-order valence-electron chi connectivity index (χ3n) is 3.41. The summed E-state index contributed by atoms with van der Waals surface area (Å²) in [5.74, 6) is 0.390. The van der Waals surface area contributed by atoms with Crippen LogP contribution in [0, 0.1) is 0 Å². The van der Waals surface area contributed by atoms with E-state index in [4.69, 9.17) is 4.42 Å². The van der Waals surface area contributed by atoms with Gasteiger partial charge in [0.05, 0.1) is 23.2 Å². The predicted octanol–water partition coefficient (Wildman–Crippen LogP) is 3.18. The lowest BCUT2D eigenvalue weighted by atomic mass is 10.2. The zero-order valence-corrected chi connectivity index (χ0v) is 14.8. The van der Waals surface area contributed by atoms with Gasteiger partial charge in [0.25, 0.3) is 5.22 Å². The van der Waals surface area contributed by atoms with Gasteiger partial charge in [-0.05, 0) is 36.4 Å². The highest BCUT2D eigenvalue weighted by molar-refractivity contribution is 7.99. The Hall–Kier alpha value is -2.98. The minimum absolute atomic E-state index is 0.116. The zero-order valence-electron chi connectivity index (χ0n) is 13.1. The van der Waals surface area contributed by atoms with Crippen LogP contribution in [0.4, 0.5) is 5.69 Å². The summed E-state index contributed by atoms with van der Waals surface area (Å²) < 4.78 is 13.9. The fourth-order valence-electron chi connectivity index (χ4n) is 2.21. The molecule has 0 radical (unpaired) electrons. The number of carbonyl (C=O) groups excluding carboxylic acids is 1. The summed E-state index contributed by atoms with van der Waals surface area (Å²) in [6.45, 7) is 0. The Morgan fingerprint density at radius 2 is 2.00 bits per heavy atom. The van der Waals surface area contributed by atoms with Crippen molar-refractivity contribution in [3.8, 4) is 17.2 Å². The van der Waals surface area contributed by atoms with E-state index in [1.807, 2.05) is 12.1 Å². The van der Waals surface area contributed by atoms with Gasteiger partial charge in [-0.15, -0.1) is 10.2 Å². The van der Waals surface area contributed by atoms with Gasteiger partial charge < -0.3 is 14.8 Å². The highest BCUT2D eigenvalue weighted by atomic mass is 32.2. The number of aromatic nitrogens is 4. The lowest BCUT2D eigenvalue weighted by Crippen LogP contribution is -2.14. The summed E-state index contributed by atoms with van der Waals surface area (Å²) in [4.78, 5) is 12.2.